The van der Waals surface area contributed by atoms with Crippen molar-refractivity contribution in [2.75, 3.05) is 12.4 Å². The number of anilines is 1. The smallest absolute Gasteiger partial charge is 0.276 e. The average molecular weight is 339 g/mol. The third-order valence-electron chi connectivity index (χ3n) is 3.56. The minimum atomic E-state index is -0.303. The number of aromatic nitrogens is 2. The number of thiazole rings is 1. The molecule has 0 radical (unpaired) electrons. The molecule has 24 heavy (non-hydrogen) atoms. The average Bonchev–Trinajstić information content (AvgIpc) is 3.05. The van der Waals surface area contributed by atoms with E-state index in [1.807, 2.05) is 44.2 Å². The standard InChI is InChI=1S/C18H17N3O2S/c1-11-6-4-5-7-13(11)18-20-14(10-24-18)17(22)21-16-15(23-3)9-8-12(2)19-16/h4-10H,1-3H3,(H,19,21,22). The van der Waals surface area contributed by atoms with Gasteiger partial charge in [0.25, 0.3) is 5.91 Å². The molecule has 1 aromatic carbocycles. The van der Waals surface area contributed by atoms with Gasteiger partial charge < -0.3 is 10.1 Å². The highest BCUT2D eigenvalue weighted by molar-refractivity contribution is 7.13. The van der Waals surface area contributed by atoms with Crippen molar-refractivity contribution in [2.45, 2.75) is 13.8 Å². The van der Waals surface area contributed by atoms with E-state index in [1.165, 1.54) is 11.3 Å². The number of nitrogens with one attached hydrogen (secondary N) is 1. The topological polar surface area (TPSA) is 64.1 Å². The Labute approximate surface area is 144 Å². The Kier molecular flexibility index (Phi) is 4.57. The van der Waals surface area contributed by atoms with E-state index in [0.717, 1.165) is 21.8 Å². The summed E-state index contributed by atoms with van der Waals surface area (Å²) in [6.45, 7) is 3.88. The fraction of sp³-hybridized carbons (Fsp3) is 0.167. The highest BCUT2D eigenvalue weighted by atomic mass is 32.1. The maximum atomic E-state index is 12.5. The van der Waals surface area contributed by atoms with Crippen LogP contribution in [0.2, 0.25) is 0 Å². The van der Waals surface area contributed by atoms with Crippen molar-refractivity contribution in [3.8, 4) is 16.3 Å². The van der Waals surface area contributed by atoms with Crippen LogP contribution >= 0.6 is 11.3 Å². The zero-order chi connectivity index (χ0) is 17.1. The molecule has 3 aromatic rings. The predicted molar refractivity (Wildman–Crippen MR) is 95.8 cm³/mol. The normalized spacial score (nSPS) is 10.5. The molecule has 0 fully saturated rings. The molecule has 0 aliphatic carbocycles. The first-order valence-corrected chi connectivity index (χ1v) is 8.31. The SMILES string of the molecule is COc1ccc(C)nc1NC(=O)c1csc(-c2ccccc2C)n1. The van der Waals surface area contributed by atoms with E-state index in [0.29, 0.717) is 17.3 Å². The molecule has 0 saturated carbocycles. The lowest BCUT2D eigenvalue weighted by Crippen LogP contribution is -2.14. The van der Waals surface area contributed by atoms with Crippen molar-refractivity contribution in [2.24, 2.45) is 0 Å². The molecule has 0 atom stereocenters. The summed E-state index contributed by atoms with van der Waals surface area (Å²) < 4.78 is 5.23. The van der Waals surface area contributed by atoms with Crippen molar-refractivity contribution in [3.63, 3.8) is 0 Å². The first-order valence-electron chi connectivity index (χ1n) is 7.43. The number of ether oxygens (including phenoxy) is 1. The van der Waals surface area contributed by atoms with Crippen LogP contribution in [0.4, 0.5) is 5.82 Å². The molecular formula is C18H17N3O2S. The van der Waals surface area contributed by atoms with Crippen molar-refractivity contribution in [1.82, 2.24) is 9.97 Å². The molecule has 0 aliphatic rings. The Hall–Kier alpha value is -2.73. The molecule has 0 saturated heterocycles. The number of carbonyl (C=O) groups excluding carboxylic acids is 1. The van der Waals surface area contributed by atoms with Crippen LogP contribution in [0.1, 0.15) is 21.7 Å². The monoisotopic (exact) mass is 339 g/mol. The number of benzene rings is 1. The fourth-order valence-electron chi connectivity index (χ4n) is 2.28. The van der Waals surface area contributed by atoms with Gasteiger partial charge in [0.05, 0.1) is 7.11 Å². The number of hydrogen-bond acceptors (Lipinski definition) is 5. The summed E-state index contributed by atoms with van der Waals surface area (Å²) in [5, 5.41) is 5.34. The second-order valence-electron chi connectivity index (χ2n) is 5.31. The Morgan fingerprint density at radius 3 is 2.67 bits per heavy atom. The quantitative estimate of drug-likeness (QED) is 0.778. The second kappa shape index (κ2) is 6.80. The third kappa shape index (κ3) is 3.28. The largest absolute Gasteiger partial charge is 0.493 e. The highest BCUT2D eigenvalue weighted by Crippen LogP contribution is 2.27. The van der Waals surface area contributed by atoms with Crippen LogP contribution in [0.15, 0.2) is 41.8 Å². The van der Waals surface area contributed by atoms with E-state index in [4.69, 9.17) is 4.74 Å². The van der Waals surface area contributed by atoms with Crippen molar-refractivity contribution in [3.05, 3.63) is 58.7 Å². The number of methoxy groups -OCH3 is 1. The van der Waals surface area contributed by atoms with Gasteiger partial charge in [-0.25, -0.2) is 9.97 Å². The van der Waals surface area contributed by atoms with Crippen LogP contribution < -0.4 is 10.1 Å². The van der Waals surface area contributed by atoms with Gasteiger partial charge in [-0.05, 0) is 31.5 Å². The number of pyridine rings is 1. The second-order valence-corrected chi connectivity index (χ2v) is 6.17. The number of carbonyl (C=O) groups is 1. The van der Waals surface area contributed by atoms with Gasteiger partial charge in [-0.1, -0.05) is 24.3 Å². The van der Waals surface area contributed by atoms with E-state index in [1.54, 1.807) is 18.6 Å². The Morgan fingerprint density at radius 2 is 1.92 bits per heavy atom. The number of amides is 1. The summed E-state index contributed by atoms with van der Waals surface area (Å²) in [7, 11) is 1.54. The molecule has 6 heteroatoms. The lowest BCUT2D eigenvalue weighted by atomic mass is 10.1. The molecular weight excluding hydrogens is 322 g/mol. The highest BCUT2D eigenvalue weighted by Gasteiger charge is 2.15. The molecule has 0 aliphatic heterocycles. The summed E-state index contributed by atoms with van der Waals surface area (Å²) in [5.74, 6) is 0.610. The minimum absolute atomic E-state index is 0.303. The van der Waals surface area contributed by atoms with E-state index < -0.39 is 0 Å². The van der Waals surface area contributed by atoms with Gasteiger partial charge in [-0.2, -0.15) is 0 Å². The van der Waals surface area contributed by atoms with E-state index in [2.05, 4.69) is 15.3 Å². The first kappa shape index (κ1) is 16.1. The van der Waals surface area contributed by atoms with Crippen LogP contribution in [0.25, 0.3) is 10.6 Å². The molecule has 5 nitrogen and oxygen atoms in total. The Bertz CT molecular complexity index is 889. The van der Waals surface area contributed by atoms with E-state index in [-0.39, 0.29) is 5.91 Å². The van der Waals surface area contributed by atoms with Crippen LogP contribution in [-0.4, -0.2) is 23.0 Å². The minimum Gasteiger partial charge on any atom is -0.493 e. The summed E-state index contributed by atoms with van der Waals surface area (Å²) >= 11 is 1.45. The van der Waals surface area contributed by atoms with Crippen LogP contribution in [-0.2, 0) is 0 Å². The Balaban J connectivity index is 1.85. The van der Waals surface area contributed by atoms with E-state index >= 15 is 0 Å². The number of rotatable bonds is 4. The maximum Gasteiger partial charge on any atom is 0.276 e. The van der Waals surface area contributed by atoms with Gasteiger partial charge in [0.15, 0.2) is 11.6 Å². The first-order chi connectivity index (χ1) is 11.6. The summed E-state index contributed by atoms with van der Waals surface area (Å²) in [6, 6.07) is 11.6. The Morgan fingerprint density at radius 1 is 1.12 bits per heavy atom. The van der Waals surface area contributed by atoms with Crippen molar-refractivity contribution >= 4 is 23.1 Å². The lowest BCUT2D eigenvalue weighted by Gasteiger charge is -2.08. The molecule has 1 N–H and O–H groups in total. The van der Waals surface area contributed by atoms with E-state index in [9.17, 15) is 4.79 Å². The summed E-state index contributed by atoms with van der Waals surface area (Å²) in [5.41, 5.74) is 3.32. The molecule has 3 rings (SSSR count). The molecule has 0 unspecified atom stereocenters. The predicted octanol–water partition coefficient (Wildman–Crippen LogP) is 4.08. The summed E-state index contributed by atoms with van der Waals surface area (Å²) in [6.07, 6.45) is 0. The molecule has 122 valence electrons. The molecule has 0 spiro atoms. The maximum absolute atomic E-state index is 12.5. The van der Waals surface area contributed by atoms with Gasteiger partial charge in [-0.15, -0.1) is 11.3 Å². The van der Waals surface area contributed by atoms with Crippen molar-refractivity contribution < 1.29 is 9.53 Å². The van der Waals surface area contributed by atoms with Crippen LogP contribution in [0.5, 0.6) is 5.75 Å². The summed E-state index contributed by atoms with van der Waals surface area (Å²) in [4.78, 5) is 21.2. The number of nitrogens with zero attached hydrogens (tertiary/aromatic N) is 2. The molecule has 1 amide bonds. The van der Waals surface area contributed by atoms with Gasteiger partial charge in [0.1, 0.15) is 10.7 Å². The van der Waals surface area contributed by atoms with Gasteiger partial charge >= 0.3 is 0 Å². The fourth-order valence-corrected chi connectivity index (χ4v) is 3.17. The number of aryl methyl sites for hydroxylation is 2. The lowest BCUT2D eigenvalue weighted by molar-refractivity contribution is 0.102. The zero-order valence-corrected chi connectivity index (χ0v) is 14.5. The van der Waals surface area contributed by atoms with Gasteiger partial charge in [0.2, 0.25) is 0 Å². The molecule has 2 heterocycles. The molecule has 2 aromatic heterocycles. The molecule has 0 bridgehead atoms. The van der Waals surface area contributed by atoms with Gasteiger partial charge in [-0.3, -0.25) is 4.79 Å². The third-order valence-corrected chi connectivity index (χ3v) is 4.44. The number of hydrogen-bond donors (Lipinski definition) is 1. The van der Waals surface area contributed by atoms with Gasteiger partial charge in [0, 0.05) is 16.6 Å². The van der Waals surface area contributed by atoms with Crippen LogP contribution in [0, 0.1) is 13.8 Å². The zero-order valence-electron chi connectivity index (χ0n) is 13.7. The van der Waals surface area contributed by atoms with Crippen LogP contribution in [0.3, 0.4) is 0 Å². The van der Waals surface area contributed by atoms with Crippen molar-refractivity contribution in [1.29, 1.82) is 0 Å².